The number of amides is 1. The fraction of sp³-hybridized carbons (Fsp3) is 0.250. The molecule has 2 aromatic rings. The molecule has 0 fully saturated rings. The molecule has 0 bridgehead atoms. The first-order valence-corrected chi connectivity index (χ1v) is 9.98. The SMILES string of the molecule is [B]c1cccc(C=C)c1NC(=O)CN(C)S(=O)(=O)c1c(C)cc(OC)cc1C. The highest BCUT2D eigenvalue weighted by Gasteiger charge is 2.27. The van der Waals surface area contributed by atoms with Crippen molar-refractivity contribution in [1.82, 2.24) is 4.31 Å². The Morgan fingerprint density at radius 1 is 1.29 bits per heavy atom. The maximum atomic E-state index is 13.0. The molecule has 6 nitrogen and oxygen atoms in total. The van der Waals surface area contributed by atoms with Crippen LogP contribution in [-0.4, -0.2) is 47.2 Å². The van der Waals surface area contributed by atoms with Gasteiger partial charge in [0, 0.05) is 12.7 Å². The first-order valence-electron chi connectivity index (χ1n) is 8.54. The van der Waals surface area contributed by atoms with Crippen LogP contribution >= 0.6 is 0 Å². The molecule has 0 aliphatic heterocycles. The minimum absolute atomic E-state index is 0.162. The van der Waals surface area contributed by atoms with Gasteiger partial charge >= 0.3 is 0 Å². The quantitative estimate of drug-likeness (QED) is 0.724. The molecule has 0 aromatic heterocycles. The number of aryl methyl sites for hydroxylation is 2. The van der Waals surface area contributed by atoms with Crippen molar-refractivity contribution in [3.05, 3.63) is 53.6 Å². The van der Waals surface area contributed by atoms with Crippen molar-refractivity contribution in [2.75, 3.05) is 26.0 Å². The lowest BCUT2D eigenvalue weighted by Gasteiger charge is -2.21. The maximum absolute atomic E-state index is 13.0. The summed E-state index contributed by atoms with van der Waals surface area (Å²) in [5.41, 5.74) is 2.53. The fourth-order valence-electron chi connectivity index (χ4n) is 2.96. The van der Waals surface area contributed by atoms with Crippen LogP contribution in [0, 0.1) is 13.8 Å². The van der Waals surface area contributed by atoms with Crippen LogP contribution in [0.2, 0.25) is 0 Å². The number of hydrogen-bond acceptors (Lipinski definition) is 4. The number of sulfonamides is 1. The minimum Gasteiger partial charge on any atom is -0.497 e. The third-order valence-corrected chi connectivity index (χ3v) is 6.43. The summed E-state index contributed by atoms with van der Waals surface area (Å²) in [6.45, 7) is 6.71. The number of rotatable bonds is 7. The molecule has 28 heavy (non-hydrogen) atoms. The third-order valence-electron chi connectivity index (χ3n) is 4.32. The van der Waals surface area contributed by atoms with Gasteiger partial charge < -0.3 is 10.1 Å². The van der Waals surface area contributed by atoms with Crippen LogP contribution in [0.3, 0.4) is 0 Å². The molecule has 2 aromatic carbocycles. The van der Waals surface area contributed by atoms with E-state index in [1.165, 1.54) is 14.2 Å². The van der Waals surface area contributed by atoms with Gasteiger partial charge in [0.05, 0.1) is 18.6 Å². The summed E-state index contributed by atoms with van der Waals surface area (Å²) in [4.78, 5) is 12.6. The van der Waals surface area contributed by atoms with Gasteiger partial charge in [-0.25, -0.2) is 8.42 Å². The molecule has 0 saturated heterocycles. The fourth-order valence-corrected chi connectivity index (χ4v) is 4.49. The van der Waals surface area contributed by atoms with Gasteiger partial charge in [0.1, 0.15) is 13.6 Å². The third kappa shape index (κ3) is 4.45. The Labute approximate surface area is 167 Å². The Hall–Kier alpha value is -2.58. The number of carbonyl (C=O) groups is 1. The molecule has 0 atom stereocenters. The van der Waals surface area contributed by atoms with Gasteiger partial charge in [-0.2, -0.15) is 4.31 Å². The van der Waals surface area contributed by atoms with E-state index in [1.807, 2.05) is 0 Å². The molecule has 0 heterocycles. The van der Waals surface area contributed by atoms with E-state index in [0.717, 1.165) is 4.31 Å². The van der Waals surface area contributed by atoms with Crippen molar-refractivity contribution in [2.45, 2.75) is 18.7 Å². The highest BCUT2D eigenvalue weighted by molar-refractivity contribution is 7.89. The molecule has 0 aliphatic rings. The topological polar surface area (TPSA) is 75.7 Å². The summed E-state index contributed by atoms with van der Waals surface area (Å²) < 4.78 is 32.2. The van der Waals surface area contributed by atoms with Crippen molar-refractivity contribution < 1.29 is 17.9 Å². The molecule has 1 N–H and O–H groups in total. The molecule has 1 amide bonds. The summed E-state index contributed by atoms with van der Waals surface area (Å²) in [6, 6.07) is 8.44. The number of carbonyl (C=O) groups excluding carboxylic acids is 1. The molecular formula is C20H23BN2O4S. The average Bonchev–Trinajstić information content (AvgIpc) is 2.62. The van der Waals surface area contributed by atoms with E-state index in [4.69, 9.17) is 12.6 Å². The summed E-state index contributed by atoms with van der Waals surface area (Å²) >= 11 is 0. The number of benzene rings is 2. The summed E-state index contributed by atoms with van der Waals surface area (Å²) in [5.74, 6) is 0.0711. The maximum Gasteiger partial charge on any atom is 0.243 e. The minimum atomic E-state index is -3.87. The van der Waals surface area contributed by atoms with E-state index in [1.54, 1.807) is 50.3 Å². The lowest BCUT2D eigenvalue weighted by atomic mass is 9.91. The van der Waals surface area contributed by atoms with Crippen LogP contribution in [0.1, 0.15) is 16.7 Å². The van der Waals surface area contributed by atoms with E-state index in [-0.39, 0.29) is 11.4 Å². The first kappa shape index (κ1) is 21.7. The van der Waals surface area contributed by atoms with Gasteiger partial charge in [0.15, 0.2) is 0 Å². The summed E-state index contributed by atoms with van der Waals surface area (Å²) in [5, 5.41) is 2.67. The molecule has 0 aliphatic carbocycles. The zero-order valence-corrected chi connectivity index (χ0v) is 17.3. The van der Waals surface area contributed by atoms with E-state index in [0.29, 0.717) is 33.6 Å². The van der Waals surface area contributed by atoms with Crippen molar-refractivity contribution >= 4 is 41.0 Å². The molecule has 2 radical (unpaired) electrons. The Kier molecular flexibility index (Phi) is 6.69. The predicted octanol–water partition coefficient (Wildman–Crippen LogP) is 2.01. The second-order valence-corrected chi connectivity index (χ2v) is 8.40. The van der Waals surface area contributed by atoms with Crippen LogP contribution in [0.25, 0.3) is 6.08 Å². The monoisotopic (exact) mass is 398 g/mol. The molecule has 8 heteroatoms. The highest BCUT2D eigenvalue weighted by atomic mass is 32.2. The first-order chi connectivity index (χ1) is 13.1. The van der Waals surface area contributed by atoms with E-state index >= 15 is 0 Å². The largest absolute Gasteiger partial charge is 0.497 e. The Balaban J connectivity index is 2.26. The number of para-hydroxylation sites is 1. The van der Waals surface area contributed by atoms with Gasteiger partial charge in [-0.1, -0.05) is 36.3 Å². The number of likely N-dealkylation sites (N-methyl/N-ethyl adjacent to an activating group) is 1. The Morgan fingerprint density at radius 2 is 1.89 bits per heavy atom. The number of nitrogens with zero attached hydrogens (tertiary/aromatic N) is 1. The second-order valence-electron chi connectivity index (χ2n) is 6.42. The lowest BCUT2D eigenvalue weighted by Crippen LogP contribution is -2.36. The zero-order chi connectivity index (χ0) is 21.1. The van der Waals surface area contributed by atoms with Crippen LogP contribution < -0.4 is 15.5 Å². The van der Waals surface area contributed by atoms with Crippen molar-refractivity contribution in [1.29, 1.82) is 0 Å². The average molecular weight is 398 g/mol. The molecule has 0 unspecified atom stereocenters. The number of ether oxygens (including phenoxy) is 1. The van der Waals surface area contributed by atoms with Gasteiger partial charge in [-0.05, 0) is 42.7 Å². The Bertz CT molecular complexity index is 996. The molecule has 0 saturated carbocycles. The van der Waals surface area contributed by atoms with Gasteiger partial charge in [-0.3, -0.25) is 4.79 Å². The number of methoxy groups -OCH3 is 1. The van der Waals surface area contributed by atoms with Crippen LogP contribution in [0.5, 0.6) is 5.75 Å². The zero-order valence-electron chi connectivity index (χ0n) is 16.4. The van der Waals surface area contributed by atoms with Crippen LogP contribution in [0.4, 0.5) is 5.69 Å². The number of anilines is 1. The van der Waals surface area contributed by atoms with E-state index in [9.17, 15) is 13.2 Å². The van der Waals surface area contributed by atoms with Crippen molar-refractivity contribution in [3.63, 3.8) is 0 Å². The molecule has 2 rings (SSSR count). The van der Waals surface area contributed by atoms with Crippen molar-refractivity contribution in [2.24, 2.45) is 0 Å². The highest BCUT2D eigenvalue weighted by Crippen LogP contribution is 2.27. The van der Waals surface area contributed by atoms with E-state index < -0.39 is 15.9 Å². The van der Waals surface area contributed by atoms with E-state index in [2.05, 4.69) is 11.9 Å². The standard InChI is InChI=1S/C20H23BN2O4S/c1-6-15-8-7-9-17(21)19(15)22-18(24)12-23(4)28(25,26)20-13(2)10-16(27-5)11-14(20)3/h6-11H,1,12H2,2-5H3,(H,22,24). The Morgan fingerprint density at radius 3 is 2.43 bits per heavy atom. The second kappa shape index (κ2) is 8.62. The van der Waals surface area contributed by atoms with Crippen LogP contribution in [-0.2, 0) is 14.8 Å². The molecule has 146 valence electrons. The van der Waals surface area contributed by atoms with Crippen LogP contribution in [0.15, 0.2) is 41.8 Å². The normalized spacial score (nSPS) is 11.3. The molecule has 0 spiro atoms. The number of hydrogen-bond donors (Lipinski definition) is 1. The van der Waals surface area contributed by atoms with Gasteiger partial charge in [-0.15, -0.1) is 0 Å². The van der Waals surface area contributed by atoms with Gasteiger partial charge in [0.25, 0.3) is 0 Å². The predicted molar refractivity (Wildman–Crippen MR) is 113 cm³/mol. The summed E-state index contributed by atoms with van der Waals surface area (Å²) in [6.07, 6.45) is 1.57. The smallest absolute Gasteiger partial charge is 0.243 e. The number of nitrogens with one attached hydrogen (secondary N) is 1. The molecular weight excluding hydrogens is 375 g/mol. The summed E-state index contributed by atoms with van der Waals surface area (Å²) in [7, 11) is 4.92. The van der Waals surface area contributed by atoms with Crippen molar-refractivity contribution in [3.8, 4) is 5.75 Å². The lowest BCUT2D eigenvalue weighted by molar-refractivity contribution is -0.116. The van der Waals surface area contributed by atoms with Gasteiger partial charge in [0.2, 0.25) is 15.9 Å².